The number of methoxy groups -OCH3 is 1. The lowest BCUT2D eigenvalue weighted by molar-refractivity contribution is -0.137. The third-order valence-corrected chi connectivity index (χ3v) is 5.04. The van der Waals surface area contributed by atoms with Crippen LogP contribution >= 0.6 is 24.8 Å². The van der Waals surface area contributed by atoms with Crippen LogP contribution in [0.25, 0.3) is 11.4 Å². The van der Waals surface area contributed by atoms with Gasteiger partial charge in [0.1, 0.15) is 5.75 Å². The van der Waals surface area contributed by atoms with Crippen LogP contribution in [0.15, 0.2) is 28.8 Å². The van der Waals surface area contributed by atoms with Crippen molar-refractivity contribution in [2.24, 2.45) is 11.7 Å². The molecule has 8 nitrogen and oxygen atoms in total. The summed E-state index contributed by atoms with van der Waals surface area (Å²) in [7, 11) is 1.63. The molecular weight excluding hydrogens is 417 g/mol. The van der Waals surface area contributed by atoms with Crippen molar-refractivity contribution in [2.45, 2.75) is 26.4 Å². The van der Waals surface area contributed by atoms with Gasteiger partial charge in [0, 0.05) is 37.8 Å². The maximum atomic E-state index is 12.4. The normalized spacial score (nSPS) is 16.3. The van der Waals surface area contributed by atoms with E-state index in [1.54, 1.807) is 7.11 Å². The summed E-state index contributed by atoms with van der Waals surface area (Å²) in [5.41, 5.74) is 6.73. The Morgan fingerprint density at radius 1 is 1.17 bits per heavy atom. The molecule has 2 heterocycles. The first-order valence-corrected chi connectivity index (χ1v) is 9.21. The van der Waals surface area contributed by atoms with Crippen LogP contribution in [0.2, 0.25) is 0 Å². The number of benzene rings is 1. The van der Waals surface area contributed by atoms with Gasteiger partial charge in [-0.25, -0.2) is 0 Å². The Hall–Kier alpha value is -1.87. The fourth-order valence-electron chi connectivity index (χ4n) is 3.01. The number of nitrogens with two attached hydrogens (primary N) is 1. The van der Waals surface area contributed by atoms with Crippen LogP contribution in [0, 0.1) is 5.92 Å². The summed E-state index contributed by atoms with van der Waals surface area (Å²) in [6.45, 7) is 7.27. The van der Waals surface area contributed by atoms with E-state index in [2.05, 4.69) is 15.0 Å². The van der Waals surface area contributed by atoms with Crippen LogP contribution in [0.1, 0.15) is 19.7 Å². The van der Waals surface area contributed by atoms with Crippen molar-refractivity contribution in [3.63, 3.8) is 0 Å². The van der Waals surface area contributed by atoms with E-state index in [4.69, 9.17) is 15.0 Å². The number of amides is 1. The predicted octanol–water partition coefficient (Wildman–Crippen LogP) is 2.22. The van der Waals surface area contributed by atoms with E-state index in [1.807, 2.05) is 43.0 Å². The van der Waals surface area contributed by atoms with Gasteiger partial charge in [-0.1, -0.05) is 12.1 Å². The van der Waals surface area contributed by atoms with Crippen molar-refractivity contribution < 1.29 is 14.1 Å². The second-order valence-corrected chi connectivity index (χ2v) is 6.99. The number of aromatic nitrogens is 2. The zero-order valence-electron chi connectivity index (χ0n) is 16.9. The third kappa shape index (κ3) is 6.30. The minimum Gasteiger partial charge on any atom is -0.497 e. The summed E-state index contributed by atoms with van der Waals surface area (Å²) in [5, 5.41) is 4.06. The molecule has 29 heavy (non-hydrogen) atoms. The smallest absolute Gasteiger partial charge is 0.241 e. The zero-order chi connectivity index (χ0) is 19.4. The number of hydrogen-bond donors (Lipinski definition) is 1. The number of halogens is 2. The fraction of sp³-hybridized carbons (Fsp3) is 0.526. The Kier molecular flexibility index (Phi) is 9.85. The minimum atomic E-state index is -0.153. The second-order valence-electron chi connectivity index (χ2n) is 6.99. The average Bonchev–Trinajstić information content (AvgIpc) is 3.16. The van der Waals surface area contributed by atoms with Gasteiger partial charge in [0.2, 0.25) is 17.6 Å². The van der Waals surface area contributed by atoms with Gasteiger partial charge in [0.05, 0.1) is 19.6 Å². The van der Waals surface area contributed by atoms with Crippen LogP contribution < -0.4 is 10.5 Å². The maximum absolute atomic E-state index is 12.4. The largest absolute Gasteiger partial charge is 0.497 e. The topological polar surface area (TPSA) is 97.7 Å². The molecule has 1 aromatic heterocycles. The van der Waals surface area contributed by atoms with Gasteiger partial charge in [-0.15, -0.1) is 24.8 Å². The highest BCUT2D eigenvalue weighted by atomic mass is 35.5. The van der Waals surface area contributed by atoms with E-state index in [0.29, 0.717) is 31.3 Å². The molecule has 2 unspecified atom stereocenters. The molecule has 0 saturated carbocycles. The molecule has 1 saturated heterocycles. The number of carbonyl (C=O) groups is 1. The Morgan fingerprint density at radius 2 is 1.79 bits per heavy atom. The van der Waals surface area contributed by atoms with Gasteiger partial charge in [0.15, 0.2) is 0 Å². The number of piperazine rings is 1. The lowest BCUT2D eigenvalue weighted by Crippen LogP contribution is -2.51. The first kappa shape index (κ1) is 25.2. The molecule has 3 rings (SSSR count). The molecule has 1 aliphatic heterocycles. The van der Waals surface area contributed by atoms with E-state index in [-0.39, 0.29) is 42.7 Å². The molecule has 162 valence electrons. The van der Waals surface area contributed by atoms with E-state index < -0.39 is 0 Å². The molecule has 10 heteroatoms. The van der Waals surface area contributed by atoms with Crippen molar-refractivity contribution in [3.05, 3.63) is 30.2 Å². The molecule has 2 aromatic rings. The first-order chi connectivity index (χ1) is 13.0. The third-order valence-electron chi connectivity index (χ3n) is 5.04. The first-order valence-electron chi connectivity index (χ1n) is 9.21. The van der Waals surface area contributed by atoms with Crippen molar-refractivity contribution >= 4 is 30.7 Å². The highest BCUT2D eigenvalue weighted by Gasteiger charge is 2.27. The summed E-state index contributed by atoms with van der Waals surface area (Å²) in [4.78, 5) is 21.0. The zero-order valence-corrected chi connectivity index (χ0v) is 18.5. The monoisotopic (exact) mass is 445 g/mol. The van der Waals surface area contributed by atoms with Crippen molar-refractivity contribution in [2.75, 3.05) is 33.3 Å². The number of carbonyl (C=O) groups excluding carboxylic acids is 1. The van der Waals surface area contributed by atoms with Crippen LogP contribution in [0.5, 0.6) is 5.75 Å². The molecule has 1 fully saturated rings. The number of rotatable bonds is 6. The van der Waals surface area contributed by atoms with Crippen LogP contribution in [0.3, 0.4) is 0 Å². The number of nitrogens with zero attached hydrogens (tertiary/aromatic N) is 4. The maximum Gasteiger partial charge on any atom is 0.241 e. The Labute approximate surface area is 183 Å². The molecule has 0 radical (unpaired) electrons. The van der Waals surface area contributed by atoms with Crippen molar-refractivity contribution in [1.82, 2.24) is 19.9 Å². The average molecular weight is 446 g/mol. The lowest BCUT2D eigenvalue weighted by Gasteiger charge is -2.35. The highest BCUT2D eigenvalue weighted by Crippen LogP contribution is 2.20. The standard InChI is InChI=1S/C19H27N5O3.2ClH/c1-13(14(2)20)19(25)24-10-8-23(9-11-24)12-17-21-18(22-27-17)15-4-6-16(26-3)7-5-15;;/h4-7,13-14H,8-12,20H2,1-3H3;2*1H. The molecule has 0 aliphatic carbocycles. The summed E-state index contributed by atoms with van der Waals surface area (Å²) in [5.74, 6) is 1.90. The SMILES string of the molecule is COc1ccc(-c2noc(CN3CCN(C(=O)C(C)C(C)N)CC3)n2)cc1.Cl.Cl. The molecule has 2 atom stereocenters. The van der Waals surface area contributed by atoms with Crippen LogP contribution in [-0.2, 0) is 11.3 Å². The van der Waals surface area contributed by atoms with Gasteiger partial charge >= 0.3 is 0 Å². The molecule has 1 amide bonds. The summed E-state index contributed by atoms with van der Waals surface area (Å²) < 4.78 is 10.5. The summed E-state index contributed by atoms with van der Waals surface area (Å²) in [6.07, 6.45) is 0. The molecule has 0 spiro atoms. The predicted molar refractivity (Wildman–Crippen MR) is 115 cm³/mol. The summed E-state index contributed by atoms with van der Waals surface area (Å²) in [6, 6.07) is 7.40. The van der Waals surface area contributed by atoms with Gasteiger partial charge in [0.25, 0.3) is 0 Å². The molecule has 0 bridgehead atoms. The molecule has 2 N–H and O–H groups in total. The van der Waals surface area contributed by atoms with E-state index in [9.17, 15) is 4.79 Å². The van der Waals surface area contributed by atoms with Crippen molar-refractivity contribution in [1.29, 1.82) is 0 Å². The Balaban J connectivity index is 0.00000210. The van der Waals surface area contributed by atoms with Gasteiger partial charge < -0.3 is 19.9 Å². The van der Waals surface area contributed by atoms with Gasteiger partial charge in [-0.3, -0.25) is 9.69 Å². The number of hydrogen-bond acceptors (Lipinski definition) is 7. The van der Waals surface area contributed by atoms with E-state index >= 15 is 0 Å². The lowest BCUT2D eigenvalue weighted by atomic mass is 10.0. The Bertz CT molecular complexity index is 761. The summed E-state index contributed by atoms with van der Waals surface area (Å²) >= 11 is 0. The Morgan fingerprint density at radius 3 is 2.34 bits per heavy atom. The molecular formula is C19H29Cl2N5O3. The van der Waals surface area contributed by atoms with Crippen LogP contribution in [-0.4, -0.2) is 65.2 Å². The minimum absolute atomic E-state index is 0. The van der Waals surface area contributed by atoms with E-state index in [0.717, 1.165) is 24.4 Å². The van der Waals surface area contributed by atoms with E-state index in [1.165, 1.54) is 0 Å². The molecule has 1 aliphatic rings. The van der Waals surface area contributed by atoms with Gasteiger partial charge in [-0.2, -0.15) is 4.98 Å². The van der Waals surface area contributed by atoms with Crippen LogP contribution in [0.4, 0.5) is 0 Å². The number of ether oxygens (including phenoxy) is 1. The molecule has 1 aromatic carbocycles. The quantitative estimate of drug-likeness (QED) is 0.727. The fourth-order valence-corrected chi connectivity index (χ4v) is 3.01. The highest BCUT2D eigenvalue weighted by molar-refractivity contribution is 5.85. The second kappa shape index (κ2) is 11.3. The van der Waals surface area contributed by atoms with Crippen molar-refractivity contribution in [3.8, 4) is 17.1 Å². The van der Waals surface area contributed by atoms with Gasteiger partial charge in [-0.05, 0) is 31.2 Å².